The number of allylic oxidation sites excluding steroid dienone is 4. The van der Waals surface area contributed by atoms with Crippen LogP contribution in [-0.2, 0) is 27.9 Å². The molecule has 0 bridgehead atoms. The molecule has 0 aliphatic rings. The molecule has 10 heteroatoms. The van der Waals surface area contributed by atoms with Crippen LogP contribution in [0.4, 0.5) is 0 Å². The summed E-state index contributed by atoms with van der Waals surface area (Å²) >= 11 is 0. The van der Waals surface area contributed by atoms with Gasteiger partial charge in [0, 0.05) is 13.0 Å². The van der Waals surface area contributed by atoms with Gasteiger partial charge in [0.05, 0.1) is 26.4 Å². The fourth-order valence-corrected chi connectivity index (χ4v) is 6.12. The van der Waals surface area contributed by atoms with Gasteiger partial charge in [-0.05, 0) is 38.5 Å². The van der Waals surface area contributed by atoms with Crippen LogP contribution in [0.5, 0.6) is 0 Å². The van der Waals surface area contributed by atoms with Gasteiger partial charge in [-0.3, -0.25) is 13.8 Å². The largest absolute Gasteiger partial charge is 0.472 e. The molecule has 0 saturated heterocycles. The molecule has 9 nitrogen and oxygen atoms in total. The molecular weight excluding hydrogens is 643 g/mol. The van der Waals surface area contributed by atoms with Crippen molar-refractivity contribution in [2.24, 2.45) is 0 Å². The van der Waals surface area contributed by atoms with E-state index >= 15 is 0 Å². The van der Waals surface area contributed by atoms with Crippen LogP contribution in [0, 0.1) is 0 Å². The highest BCUT2D eigenvalue weighted by Gasteiger charge is 2.26. The second-order valence-electron chi connectivity index (χ2n) is 13.3. The van der Waals surface area contributed by atoms with E-state index in [9.17, 15) is 19.4 Å². The zero-order chi connectivity index (χ0) is 36.1. The molecule has 0 heterocycles. The van der Waals surface area contributed by atoms with E-state index in [0.29, 0.717) is 13.0 Å². The molecule has 0 spiro atoms. The van der Waals surface area contributed by atoms with E-state index in [-0.39, 0.29) is 19.6 Å². The summed E-state index contributed by atoms with van der Waals surface area (Å²) in [5.74, 6) is -0.396. The predicted octanol–water partition coefficient (Wildman–Crippen LogP) is 10.3. The Kier molecular flexibility index (Phi) is 35.9. The second kappa shape index (κ2) is 36.7. The van der Waals surface area contributed by atoms with Crippen LogP contribution in [0.25, 0.3) is 0 Å². The van der Waals surface area contributed by atoms with Crippen LogP contribution in [0.1, 0.15) is 174 Å². The van der Waals surface area contributed by atoms with Crippen LogP contribution >= 0.6 is 7.82 Å². The summed E-state index contributed by atoms with van der Waals surface area (Å²) in [4.78, 5) is 22.5. The maximum absolute atomic E-state index is 12.5. The zero-order valence-electron chi connectivity index (χ0n) is 31.4. The topological polar surface area (TPSA) is 132 Å². The molecule has 49 heavy (non-hydrogen) atoms. The molecule has 0 rings (SSSR count). The maximum atomic E-state index is 12.5. The van der Waals surface area contributed by atoms with Crippen molar-refractivity contribution >= 4 is 13.8 Å². The molecule has 0 amide bonds. The number of carbonyl (C=O) groups is 1. The van der Waals surface area contributed by atoms with Gasteiger partial charge in [0.1, 0.15) is 12.2 Å². The molecule has 3 N–H and O–H groups in total. The lowest BCUT2D eigenvalue weighted by Gasteiger charge is -2.20. The van der Waals surface area contributed by atoms with Gasteiger partial charge < -0.3 is 24.6 Å². The first-order chi connectivity index (χ1) is 23.8. The lowest BCUT2D eigenvalue weighted by Crippen LogP contribution is -2.29. The van der Waals surface area contributed by atoms with Gasteiger partial charge in [-0.25, -0.2) is 4.57 Å². The third-order valence-corrected chi connectivity index (χ3v) is 9.32. The van der Waals surface area contributed by atoms with Crippen LogP contribution in [0.3, 0.4) is 0 Å². The standard InChI is InChI=1S/C39H75O9P/c1-3-5-7-9-11-13-15-17-18-20-22-24-26-28-30-32-45-35-38(36-47-49(43,44)46-34-37(41)33-40)48-39(42)31-29-27-25-23-21-19-16-14-12-10-8-6-4-2/h8,10,14,16,37-38,40-41H,3-7,9,11-13,15,17-36H2,1-2H3,(H,43,44)/b10-8-,16-14-. The highest BCUT2D eigenvalue weighted by atomic mass is 31.2. The van der Waals surface area contributed by atoms with E-state index in [2.05, 4.69) is 38.2 Å². The molecule has 290 valence electrons. The van der Waals surface area contributed by atoms with Gasteiger partial charge in [0.25, 0.3) is 0 Å². The van der Waals surface area contributed by atoms with E-state index in [1.54, 1.807) is 0 Å². The summed E-state index contributed by atoms with van der Waals surface area (Å²) < 4.78 is 33.2. The van der Waals surface area contributed by atoms with E-state index in [1.165, 1.54) is 89.9 Å². The molecule has 0 saturated carbocycles. The molecule has 0 aromatic carbocycles. The Balaban J connectivity index is 4.21. The predicted molar refractivity (Wildman–Crippen MR) is 201 cm³/mol. The molecule has 0 aromatic heterocycles. The van der Waals surface area contributed by atoms with Crippen LogP contribution in [0.15, 0.2) is 24.3 Å². The number of ether oxygens (including phenoxy) is 2. The summed E-state index contributed by atoms with van der Waals surface area (Å²) in [6.07, 6.45) is 35.6. The van der Waals surface area contributed by atoms with Crippen LogP contribution < -0.4 is 0 Å². The van der Waals surface area contributed by atoms with Gasteiger partial charge in [-0.2, -0.15) is 0 Å². The van der Waals surface area contributed by atoms with Crippen LogP contribution in [0.2, 0.25) is 0 Å². The Morgan fingerprint density at radius 1 is 0.633 bits per heavy atom. The van der Waals surface area contributed by atoms with Crippen molar-refractivity contribution in [3.05, 3.63) is 24.3 Å². The molecule has 0 aromatic rings. The lowest BCUT2D eigenvalue weighted by atomic mass is 10.0. The zero-order valence-corrected chi connectivity index (χ0v) is 32.3. The molecule has 3 unspecified atom stereocenters. The number of esters is 1. The highest BCUT2D eigenvalue weighted by molar-refractivity contribution is 7.47. The molecule has 0 radical (unpaired) electrons. The summed E-state index contributed by atoms with van der Waals surface area (Å²) in [7, 11) is -4.51. The first-order valence-corrected chi connectivity index (χ1v) is 21.3. The fourth-order valence-electron chi connectivity index (χ4n) is 5.33. The average molecular weight is 719 g/mol. The van der Waals surface area contributed by atoms with Crippen molar-refractivity contribution in [2.45, 2.75) is 187 Å². The third-order valence-electron chi connectivity index (χ3n) is 8.37. The smallest absolute Gasteiger partial charge is 0.457 e. The van der Waals surface area contributed by atoms with Gasteiger partial charge in [-0.15, -0.1) is 0 Å². The number of hydrogen-bond acceptors (Lipinski definition) is 8. The molecule has 3 atom stereocenters. The van der Waals surface area contributed by atoms with Gasteiger partial charge in [-0.1, -0.05) is 154 Å². The normalized spacial score (nSPS) is 14.5. The molecule has 0 fully saturated rings. The van der Waals surface area contributed by atoms with Gasteiger partial charge in [0.2, 0.25) is 0 Å². The first kappa shape index (κ1) is 47.9. The number of aliphatic hydroxyl groups excluding tert-OH is 2. The highest BCUT2D eigenvalue weighted by Crippen LogP contribution is 2.43. The Morgan fingerprint density at radius 2 is 1.14 bits per heavy atom. The maximum Gasteiger partial charge on any atom is 0.472 e. The number of rotatable bonds is 38. The van der Waals surface area contributed by atoms with E-state index in [1.807, 2.05) is 0 Å². The Morgan fingerprint density at radius 3 is 1.71 bits per heavy atom. The van der Waals surface area contributed by atoms with E-state index in [4.69, 9.17) is 23.6 Å². The van der Waals surface area contributed by atoms with Crippen molar-refractivity contribution in [1.82, 2.24) is 0 Å². The number of aliphatic hydroxyl groups is 2. The fraction of sp³-hybridized carbons (Fsp3) is 0.872. The van der Waals surface area contributed by atoms with Crippen molar-refractivity contribution in [2.75, 3.05) is 33.0 Å². The monoisotopic (exact) mass is 719 g/mol. The number of hydrogen-bond donors (Lipinski definition) is 3. The van der Waals surface area contributed by atoms with Gasteiger partial charge in [0.15, 0.2) is 0 Å². The summed E-state index contributed by atoms with van der Waals surface area (Å²) in [6.45, 7) is 3.45. The van der Waals surface area contributed by atoms with Crippen molar-refractivity contribution in [3.8, 4) is 0 Å². The van der Waals surface area contributed by atoms with Crippen LogP contribution in [-0.4, -0.2) is 66.3 Å². The van der Waals surface area contributed by atoms with E-state index in [0.717, 1.165) is 57.8 Å². The molecular formula is C39H75O9P. The summed E-state index contributed by atoms with van der Waals surface area (Å²) in [5, 5.41) is 18.3. The minimum Gasteiger partial charge on any atom is -0.457 e. The number of phosphoric acid groups is 1. The summed E-state index contributed by atoms with van der Waals surface area (Å²) in [6, 6.07) is 0. The van der Waals surface area contributed by atoms with Crippen molar-refractivity contribution in [1.29, 1.82) is 0 Å². The molecule has 0 aliphatic heterocycles. The Hall–Kier alpha value is -1.06. The lowest BCUT2D eigenvalue weighted by molar-refractivity contribution is -0.154. The average Bonchev–Trinajstić information content (AvgIpc) is 3.09. The van der Waals surface area contributed by atoms with Gasteiger partial charge >= 0.3 is 13.8 Å². The van der Waals surface area contributed by atoms with Crippen molar-refractivity contribution < 1.29 is 43.0 Å². The third kappa shape index (κ3) is 36.5. The summed E-state index contributed by atoms with van der Waals surface area (Å²) in [5.41, 5.74) is 0. The Labute approximate surface area is 300 Å². The first-order valence-electron chi connectivity index (χ1n) is 19.8. The van der Waals surface area contributed by atoms with Crippen molar-refractivity contribution in [3.63, 3.8) is 0 Å². The SMILES string of the molecule is CCC/C=C\C/C=C\CCCCCCCC(=O)OC(COCCCCCCCCCCCCCCCCC)COP(=O)(O)OCC(O)CO. The number of carbonyl (C=O) groups excluding carboxylic acids is 1. The van der Waals surface area contributed by atoms with E-state index < -0.39 is 39.2 Å². The minimum absolute atomic E-state index is 0.0471. The number of unbranched alkanes of at least 4 members (excludes halogenated alkanes) is 20. The number of phosphoric ester groups is 1. The second-order valence-corrected chi connectivity index (χ2v) is 14.8. The quantitative estimate of drug-likeness (QED) is 0.0247. The molecule has 0 aliphatic carbocycles. The Bertz CT molecular complexity index is 820. The minimum atomic E-state index is -4.51.